The smallest absolute Gasteiger partial charge is 0.407 e. The molecule has 2 heterocycles. The third-order valence-corrected chi connectivity index (χ3v) is 6.06. The number of β-lactam (4-membered cyclic amide) rings is 1. The van der Waals surface area contributed by atoms with Crippen molar-refractivity contribution in [3.63, 3.8) is 0 Å². The van der Waals surface area contributed by atoms with E-state index in [0.29, 0.717) is 11.3 Å². The van der Waals surface area contributed by atoms with Gasteiger partial charge in [0.15, 0.2) is 0 Å². The van der Waals surface area contributed by atoms with Crippen molar-refractivity contribution in [1.29, 1.82) is 0 Å². The Labute approximate surface area is 190 Å². The van der Waals surface area contributed by atoms with Crippen LogP contribution in [0.2, 0.25) is 0 Å². The van der Waals surface area contributed by atoms with Gasteiger partial charge in [0.1, 0.15) is 18.4 Å². The Morgan fingerprint density at radius 2 is 2.00 bits per heavy atom. The van der Waals surface area contributed by atoms with Gasteiger partial charge in [-0.2, -0.15) is 0 Å². The lowest BCUT2D eigenvalue weighted by molar-refractivity contribution is -0.162. The summed E-state index contributed by atoms with van der Waals surface area (Å²) in [5.74, 6) is -1.66. The summed E-state index contributed by atoms with van der Waals surface area (Å²) in [6.07, 6.45) is 0.622. The van der Waals surface area contributed by atoms with Gasteiger partial charge in [0.25, 0.3) is 0 Å². The molecule has 0 saturated carbocycles. The predicted molar refractivity (Wildman–Crippen MR) is 118 cm³/mol. The highest BCUT2D eigenvalue weighted by atomic mass is 32.2. The van der Waals surface area contributed by atoms with Crippen molar-refractivity contribution in [3.8, 4) is 0 Å². The molecule has 2 aliphatic heterocycles. The highest BCUT2D eigenvalue weighted by Crippen LogP contribution is 2.48. The summed E-state index contributed by atoms with van der Waals surface area (Å²) in [6, 6.07) is 8.94. The van der Waals surface area contributed by atoms with Crippen molar-refractivity contribution in [2.75, 3.05) is 7.05 Å². The van der Waals surface area contributed by atoms with Crippen LogP contribution >= 0.6 is 11.8 Å². The third kappa shape index (κ3) is 5.13. The zero-order chi connectivity index (χ0) is 23.3. The summed E-state index contributed by atoms with van der Waals surface area (Å²) < 4.78 is 10.7. The first kappa shape index (κ1) is 23.4. The second-order valence-corrected chi connectivity index (χ2v) is 8.32. The Morgan fingerprint density at radius 3 is 2.66 bits per heavy atom. The van der Waals surface area contributed by atoms with E-state index in [2.05, 4.69) is 10.6 Å². The summed E-state index contributed by atoms with van der Waals surface area (Å²) in [4.78, 5) is 50.5. The highest BCUT2D eigenvalue weighted by molar-refractivity contribution is 8.05. The number of ether oxygens (including phenoxy) is 2. The van der Waals surface area contributed by atoms with Gasteiger partial charge in [-0.25, -0.2) is 9.59 Å². The summed E-state index contributed by atoms with van der Waals surface area (Å²) in [5, 5.41) is 6.54. The molecule has 0 aromatic heterocycles. The number of benzene rings is 1. The van der Waals surface area contributed by atoms with Crippen LogP contribution in [0.1, 0.15) is 25.8 Å². The molecule has 170 valence electrons. The molecule has 32 heavy (non-hydrogen) atoms. The molecule has 3 rings (SSSR count). The van der Waals surface area contributed by atoms with E-state index in [1.54, 1.807) is 12.3 Å². The minimum Gasteiger partial charge on any atom is -0.456 e. The first-order valence-electron chi connectivity index (χ1n) is 10.1. The molecule has 1 aromatic carbocycles. The molecule has 2 N–H and O–H groups in total. The maximum atomic E-state index is 12.9. The Morgan fingerprint density at radius 1 is 1.28 bits per heavy atom. The van der Waals surface area contributed by atoms with E-state index in [4.69, 9.17) is 9.47 Å². The molecule has 0 bridgehead atoms. The van der Waals surface area contributed by atoms with Crippen molar-refractivity contribution < 1.29 is 28.7 Å². The molecular weight excluding hydrogens is 434 g/mol. The van der Waals surface area contributed by atoms with Crippen LogP contribution in [0.4, 0.5) is 4.79 Å². The Bertz CT molecular complexity index is 962. The van der Waals surface area contributed by atoms with Crippen LogP contribution in [0.5, 0.6) is 0 Å². The van der Waals surface area contributed by atoms with Crippen LogP contribution in [-0.4, -0.2) is 48.0 Å². The van der Waals surface area contributed by atoms with Gasteiger partial charge in [-0.3, -0.25) is 9.59 Å². The van der Waals surface area contributed by atoms with E-state index in [0.717, 1.165) is 5.56 Å². The number of rotatable bonds is 8. The van der Waals surface area contributed by atoms with E-state index in [1.165, 1.54) is 36.8 Å². The molecule has 0 spiro atoms. The minimum absolute atomic E-state index is 0.0785. The van der Waals surface area contributed by atoms with Crippen LogP contribution in [0.15, 0.2) is 52.5 Å². The Balaban J connectivity index is 1.76. The lowest BCUT2D eigenvalue weighted by atomic mass is 9.83. The van der Waals surface area contributed by atoms with Crippen LogP contribution < -0.4 is 10.6 Å². The van der Waals surface area contributed by atoms with E-state index >= 15 is 0 Å². The third-order valence-electron chi connectivity index (χ3n) is 5.14. The molecule has 9 nitrogen and oxygen atoms in total. The molecule has 1 aromatic rings. The second-order valence-electron chi connectivity index (χ2n) is 7.32. The molecule has 0 unspecified atom stereocenters. The molecule has 0 aliphatic carbocycles. The SMILES string of the molecule is CNC(=O)O[C@@H](C)[C@H]1C(=O)N2C(C(=O)OCc3ccccc3)=C(S/C=C/NC(C)=O)C[C@H]12. The highest BCUT2D eigenvalue weighted by Gasteiger charge is 2.58. The zero-order valence-corrected chi connectivity index (χ0v) is 18.8. The average molecular weight is 460 g/mol. The fraction of sp³-hybridized carbons (Fsp3) is 0.364. The van der Waals surface area contributed by atoms with Crippen molar-refractivity contribution in [1.82, 2.24) is 15.5 Å². The van der Waals surface area contributed by atoms with Gasteiger partial charge in [-0.1, -0.05) is 42.1 Å². The van der Waals surface area contributed by atoms with Crippen molar-refractivity contribution in [2.45, 2.75) is 39.0 Å². The predicted octanol–water partition coefficient (Wildman–Crippen LogP) is 2.26. The van der Waals surface area contributed by atoms with E-state index in [9.17, 15) is 19.2 Å². The standard InChI is InChI=1S/C22H25N3O6S/c1-13(31-22(29)23-3)18-16-11-17(32-10-9-24-14(2)26)19(25(16)20(18)27)21(28)30-12-15-7-5-4-6-8-15/h4-10,13,16,18H,11-12H2,1-3H3,(H,23,29)(H,24,26)/b10-9+/t13-,16+,18+/m0/s1. The number of nitrogens with one attached hydrogen (secondary N) is 2. The summed E-state index contributed by atoms with van der Waals surface area (Å²) >= 11 is 1.24. The van der Waals surface area contributed by atoms with Gasteiger partial charge in [-0.05, 0) is 17.9 Å². The monoisotopic (exact) mass is 459 g/mol. The maximum absolute atomic E-state index is 12.9. The molecule has 1 saturated heterocycles. The number of hydrogen-bond donors (Lipinski definition) is 2. The fourth-order valence-corrected chi connectivity index (χ4v) is 4.53. The number of fused-ring (bicyclic) bond motifs is 1. The lowest BCUT2D eigenvalue weighted by Crippen LogP contribution is -2.62. The number of nitrogens with zero attached hydrogens (tertiary/aromatic N) is 1. The molecule has 0 radical (unpaired) electrons. The molecule has 1 fully saturated rings. The summed E-state index contributed by atoms with van der Waals surface area (Å²) in [7, 11) is 1.44. The zero-order valence-electron chi connectivity index (χ0n) is 18.0. The van der Waals surface area contributed by atoms with Gasteiger partial charge >= 0.3 is 12.1 Å². The first-order chi connectivity index (χ1) is 15.3. The van der Waals surface area contributed by atoms with Crippen LogP contribution in [-0.2, 0) is 30.5 Å². The maximum Gasteiger partial charge on any atom is 0.407 e. The Kier molecular flexibility index (Phi) is 7.57. The molecule has 2 aliphatic rings. The summed E-state index contributed by atoms with van der Waals surface area (Å²) in [5.41, 5.74) is 1.02. The van der Waals surface area contributed by atoms with E-state index in [-0.39, 0.29) is 30.2 Å². The Hall–Kier alpha value is -3.27. The molecular formula is C22H25N3O6S. The van der Waals surface area contributed by atoms with Crippen LogP contribution in [0.3, 0.4) is 0 Å². The number of hydrogen-bond acceptors (Lipinski definition) is 7. The van der Waals surface area contributed by atoms with Crippen LogP contribution in [0.25, 0.3) is 0 Å². The number of amides is 3. The van der Waals surface area contributed by atoms with Crippen molar-refractivity contribution in [2.24, 2.45) is 5.92 Å². The average Bonchev–Trinajstić information content (AvgIpc) is 3.09. The van der Waals surface area contributed by atoms with Gasteiger partial charge in [0, 0.05) is 31.5 Å². The summed E-state index contributed by atoms with van der Waals surface area (Å²) in [6.45, 7) is 3.12. The number of thioether (sulfide) groups is 1. The van der Waals surface area contributed by atoms with Gasteiger partial charge in [0.2, 0.25) is 11.8 Å². The minimum atomic E-state index is -0.649. The number of alkyl carbamates (subject to hydrolysis) is 1. The van der Waals surface area contributed by atoms with E-state index in [1.807, 2.05) is 30.3 Å². The quantitative estimate of drug-likeness (QED) is 0.453. The van der Waals surface area contributed by atoms with Crippen molar-refractivity contribution in [3.05, 3.63) is 58.1 Å². The lowest BCUT2D eigenvalue weighted by Gasteiger charge is -2.45. The largest absolute Gasteiger partial charge is 0.456 e. The molecule has 3 amide bonds. The number of esters is 1. The van der Waals surface area contributed by atoms with Crippen LogP contribution in [0, 0.1) is 5.92 Å². The number of carbonyl (C=O) groups excluding carboxylic acids is 4. The van der Waals surface area contributed by atoms with Gasteiger partial charge in [0.05, 0.1) is 12.0 Å². The fourth-order valence-electron chi connectivity index (χ4n) is 3.67. The van der Waals surface area contributed by atoms with Crippen molar-refractivity contribution >= 4 is 35.6 Å². The normalized spacial score (nSPS) is 20.5. The first-order valence-corrected chi connectivity index (χ1v) is 11.0. The topological polar surface area (TPSA) is 114 Å². The van der Waals surface area contributed by atoms with Gasteiger partial charge < -0.3 is 25.0 Å². The molecule has 10 heteroatoms. The number of carbonyl (C=O) groups is 4. The van der Waals surface area contributed by atoms with Gasteiger partial charge in [-0.15, -0.1) is 0 Å². The van der Waals surface area contributed by atoms with E-state index < -0.39 is 24.1 Å². The molecule has 3 atom stereocenters. The second kappa shape index (κ2) is 10.4.